The van der Waals surface area contributed by atoms with E-state index in [4.69, 9.17) is 5.11 Å². The number of carbonyl (C=O) groups excluding carboxylic acids is 1. The first-order chi connectivity index (χ1) is 8.93. The molecule has 0 saturated heterocycles. The first kappa shape index (κ1) is 15.5. The molecule has 1 aromatic carbocycles. The van der Waals surface area contributed by atoms with Crippen LogP contribution in [-0.2, 0) is 17.4 Å². The van der Waals surface area contributed by atoms with Gasteiger partial charge in [-0.25, -0.2) is 0 Å². The zero-order valence-electron chi connectivity index (χ0n) is 10.3. The molecule has 6 heteroatoms. The second-order valence-electron chi connectivity index (χ2n) is 4.12. The Hall–Kier alpha value is -1.56. The van der Waals surface area contributed by atoms with E-state index in [0.29, 0.717) is 24.9 Å². The Balaban J connectivity index is 2.40. The van der Waals surface area contributed by atoms with E-state index in [-0.39, 0.29) is 18.9 Å². The van der Waals surface area contributed by atoms with Crippen LogP contribution in [0.4, 0.5) is 13.2 Å². The van der Waals surface area contributed by atoms with Crippen molar-refractivity contribution in [2.24, 2.45) is 0 Å². The molecule has 3 nitrogen and oxygen atoms in total. The van der Waals surface area contributed by atoms with Crippen molar-refractivity contribution in [2.75, 3.05) is 13.2 Å². The Kier molecular flexibility index (Phi) is 5.82. The molecule has 19 heavy (non-hydrogen) atoms. The van der Waals surface area contributed by atoms with Crippen LogP contribution in [0.1, 0.15) is 24.0 Å². The summed E-state index contributed by atoms with van der Waals surface area (Å²) in [5, 5.41) is 11.1. The highest BCUT2D eigenvalue weighted by Gasteiger charge is 2.29. The lowest BCUT2D eigenvalue weighted by Crippen LogP contribution is -2.25. The second kappa shape index (κ2) is 7.13. The fourth-order valence-electron chi connectivity index (χ4n) is 1.51. The van der Waals surface area contributed by atoms with Gasteiger partial charge >= 0.3 is 6.18 Å². The fourth-order valence-corrected chi connectivity index (χ4v) is 1.51. The third kappa shape index (κ3) is 5.74. The van der Waals surface area contributed by atoms with Gasteiger partial charge in [0.2, 0.25) is 5.91 Å². The molecule has 0 heterocycles. The molecular formula is C13H16F3NO2. The molecule has 0 spiro atoms. The van der Waals surface area contributed by atoms with Crippen LogP contribution < -0.4 is 5.32 Å². The predicted molar refractivity (Wildman–Crippen MR) is 64.5 cm³/mol. The number of nitrogens with one attached hydrogen (secondary N) is 1. The van der Waals surface area contributed by atoms with Gasteiger partial charge in [0, 0.05) is 19.6 Å². The lowest BCUT2D eigenvalue weighted by Gasteiger charge is -2.08. The van der Waals surface area contributed by atoms with Crippen LogP contribution in [-0.4, -0.2) is 24.2 Å². The lowest BCUT2D eigenvalue weighted by molar-refractivity contribution is -0.137. The average molecular weight is 275 g/mol. The number of carbonyl (C=O) groups is 1. The van der Waals surface area contributed by atoms with Crippen LogP contribution in [0.5, 0.6) is 0 Å². The van der Waals surface area contributed by atoms with E-state index in [9.17, 15) is 18.0 Å². The number of aryl methyl sites for hydroxylation is 1. The summed E-state index contributed by atoms with van der Waals surface area (Å²) >= 11 is 0. The topological polar surface area (TPSA) is 49.3 Å². The molecule has 1 rings (SSSR count). The zero-order valence-corrected chi connectivity index (χ0v) is 10.3. The first-order valence-corrected chi connectivity index (χ1v) is 5.97. The molecule has 0 aliphatic heterocycles. The van der Waals surface area contributed by atoms with Gasteiger partial charge in [-0.15, -0.1) is 0 Å². The number of halogens is 3. The van der Waals surface area contributed by atoms with E-state index in [0.717, 1.165) is 12.1 Å². The van der Waals surface area contributed by atoms with E-state index >= 15 is 0 Å². The Morgan fingerprint density at radius 1 is 1.21 bits per heavy atom. The van der Waals surface area contributed by atoms with Gasteiger partial charge in [0.1, 0.15) is 0 Å². The number of hydrogen-bond acceptors (Lipinski definition) is 2. The van der Waals surface area contributed by atoms with Crippen molar-refractivity contribution < 1.29 is 23.1 Å². The standard InChI is InChI=1S/C13H16F3NO2/c14-13(15,16)11-5-2-10(3-6-11)4-7-12(19)17-8-1-9-18/h2-3,5-6,18H,1,4,7-9H2,(H,17,19). The van der Waals surface area contributed by atoms with Gasteiger partial charge in [0.15, 0.2) is 0 Å². The van der Waals surface area contributed by atoms with Crippen LogP contribution >= 0.6 is 0 Å². The fraction of sp³-hybridized carbons (Fsp3) is 0.462. The summed E-state index contributed by atoms with van der Waals surface area (Å²) in [5.74, 6) is -0.173. The normalized spacial score (nSPS) is 11.4. The van der Waals surface area contributed by atoms with Gasteiger partial charge in [0.05, 0.1) is 5.56 Å². The molecule has 0 fully saturated rings. The summed E-state index contributed by atoms with van der Waals surface area (Å²) in [6.45, 7) is 0.418. The summed E-state index contributed by atoms with van der Waals surface area (Å²) in [7, 11) is 0. The van der Waals surface area contributed by atoms with Crippen molar-refractivity contribution in [2.45, 2.75) is 25.4 Å². The third-order valence-electron chi connectivity index (χ3n) is 2.58. The summed E-state index contributed by atoms with van der Waals surface area (Å²) < 4.78 is 37.0. The number of alkyl halides is 3. The maximum absolute atomic E-state index is 12.3. The smallest absolute Gasteiger partial charge is 0.396 e. The average Bonchev–Trinajstić information content (AvgIpc) is 2.36. The van der Waals surface area contributed by atoms with Gasteiger partial charge in [0.25, 0.3) is 0 Å². The van der Waals surface area contributed by atoms with Gasteiger partial charge in [-0.2, -0.15) is 13.2 Å². The molecule has 0 unspecified atom stereocenters. The molecule has 1 amide bonds. The van der Waals surface area contributed by atoms with E-state index in [1.807, 2.05) is 0 Å². The molecule has 0 aliphatic carbocycles. The summed E-state index contributed by atoms with van der Waals surface area (Å²) in [6.07, 6.45) is -3.23. The minimum atomic E-state index is -4.33. The van der Waals surface area contributed by atoms with E-state index in [2.05, 4.69) is 5.32 Å². The Morgan fingerprint density at radius 3 is 2.37 bits per heavy atom. The highest BCUT2D eigenvalue weighted by Crippen LogP contribution is 2.29. The van der Waals surface area contributed by atoms with Gasteiger partial charge in [-0.3, -0.25) is 4.79 Å². The molecule has 0 radical (unpaired) electrons. The van der Waals surface area contributed by atoms with Crippen molar-refractivity contribution >= 4 is 5.91 Å². The first-order valence-electron chi connectivity index (χ1n) is 5.97. The molecular weight excluding hydrogens is 259 g/mol. The Morgan fingerprint density at radius 2 is 1.84 bits per heavy atom. The lowest BCUT2D eigenvalue weighted by atomic mass is 10.1. The van der Waals surface area contributed by atoms with Crippen molar-refractivity contribution in [3.8, 4) is 0 Å². The molecule has 106 valence electrons. The number of aliphatic hydroxyl groups excluding tert-OH is 1. The molecule has 1 aromatic rings. The van der Waals surface area contributed by atoms with Crippen LogP contribution in [0.3, 0.4) is 0 Å². The highest BCUT2D eigenvalue weighted by molar-refractivity contribution is 5.76. The van der Waals surface area contributed by atoms with Crippen molar-refractivity contribution in [1.29, 1.82) is 0 Å². The molecule has 0 aromatic heterocycles. The molecule has 0 saturated carbocycles. The summed E-state index contributed by atoms with van der Waals surface area (Å²) in [6, 6.07) is 4.78. The van der Waals surface area contributed by atoms with E-state index in [1.54, 1.807) is 0 Å². The quantitative estimate of drug-likeness (QED) is 0.781. The number of benzene rings is 1. The molecule has 0 atom stereocenters. The molecule has 2 N–H and O–H groups in total. The Bertz CT molecular complexity index is 401. The minimum absolute atomic E-state index is 0.0131. The Labute approximate surface area is 109 Å². The monoisotopic (exact) mass is 275 g/mol. The van der Waals surface area contributed by atoms with Gasteiger partial charge in [-0.1, -0.05) is 12.1 Å². The highest BCUT2D eigenvalue weighted by atomic mass is 19.4. The van der Waals surface area contributed by atoms with Crippen LogP contribution in [0, 0.1) is 0 Å². The third-order valence-corrected chi connectivity index (χ3v) is 2.58. The maximum Gasteiger partial charge on any atom is 0.416 e. The van der Waals surface area contributed by atoms with Gasteiger partial charge in [-0.05, 0) is 30.5 Å². The zero-order chi connectivity index (χ0) is 14.3. The largest absolute Gasteiger partial charge is 0.416 e. The molecule has 0 bridgehead atoms. The molecule has 0 aliphatic rings. The van der Waals surface area contributed by atoms with Crippen molar-refractivity contribution in [3.05, 3.63) is 35.4 Å². The maximum atomic E-state index is 12.3. The van der Waals surface area contributed by atoms with Crippen molar-refractivity contribution in [3.63, 3.8) is 0 Å². The summed E-state index contributed by atoms with van der Waals surface area (Å²) in [5.41, 5.74) is -0.00560. The van der Waals surface area contributed by atoms with E-state index in [1.165, 1.54) is 12.1 Å². The minimum Gasteiger partial charge on any atom is -0.396 e. The SMILES string of the molecule is O=C(CCc1ccc(C(F)(F)F)cc1)NCCCO. The number of hydrogen-bond donors (Lipinski definition) is 2. The number of amides is 1. The van der Waals surface area contributed by atoms with Crippen LogP contribution in [0.25, 0.3) is 0 Å². The second-order valence-corrected chi connectivity index (χ2v) is 4.12. The number of rotatable bonds is 6. The predicted octanol–water partition coefficient (Wildman–Crippen LogP) is 2.14. The van der Waals surface area contributed by atoms with Crippen LogP contribution in [0.15, 0.2) is 24.3 Å². The number of aliphatic hydroxyl groups is 1. The summed E-state index contributed by atoms with van der Waals surface area (Å²) in [4.78, 5) is 11.3. The van der Waals surface area contributed by atoms with Crippen LogP contribution in [0.2, 0.25) is 0 Å². The van der Waals surface area contributed by atoms with Crippen molar-refractivity contribution in [1.82, 2.24) is 5.32 Å². The van der Waals surface area contributed by atoms with E-state index < -0.39 is 11.7 Å². The van der Waals surface area contributed by atoms with Gasteiger partial charge < -0.3 is 10.4 Å².